The number of hydrogen-bond acceptors (Lipinski definition) is 3. The molecule has 0 spiro atoms. The quantitative estimate of drug-likeness (QED) is 0.765. The lowest BCUT2D eigenvalue weighted by Crippen LogP contribution is -2.11. The van der Waals surface area contributed by atoms with Gasteiger partial charge in [-0.25, -0.2) is 9.97 Å². The first kappa shape index (κ1) is 14.9. The number of aromatic nitrogens is 2. The summed E-state index contributed by atoms with van der Waals surface area (Å²) in [5.74, 6) is -0.987. The number of methoxy groups -OCH3 is 1. The van der Waals surface area contributed by atoms with Crippen molar-refractivity contribution in [3.8, 4) is 17.0 Å². The predicted octanol–water partition coefficient (Wildman–Crippen LogP) is 4.48. The van der Waals surface area contributed by atoms with Gasteiger partial charge in [-0.2, -0.15) is 13.2 Å². The third-order valence-electron chi connectivity index (χ3n) is 2.39. The van der Waals surface area contributed by atoms with Gasteiger partial charge in [-0.15, -0.1) is 0 Å². The lowest BCUT2D eigenvalue weighted by molar-refractivity contribution is -0.144. The molecule has 0 bridgehead atoms. The SMILES string of the molecule is COc1ccc(Cl)cc1-c1cc(Cl)nc(C(F)(F)F)n1. The Hall–Kier alpha value is -1.53. The third-order valence-corrected chi connectivity index (χ3v) is 2.81. The van der Waals surface area contributed by atoms with Gasteiger partial charge in [-0.1, -0.05) is 23.2 Å². The summed E-state index contributed by atoms with van der Waals surface area (Å²) in [5, 5.41) is 0.0217. The molecule has 0 unspecified atom stereocenters. The van der Waals surface area contributed by atoms with Gasteiger partial charge in [0.25, 0.3) is 0 Å². The molecule has 20 heavy (non-hydrogen) atoms. The molecule has 3 nitrogen and oxygen atoms in total. The molecule has 1 aromatic carbocycles. The highest BCUT2D eigenvalue weighted by Gasteiger charge is 2.35. The van der Waals surface area contributed by atoms with E-state index in [1.807, 2.05) is 0 Å². The Labute approximate surface area is 122 Å². The van der Waals surface area contributed by atoms with Crippen LogP contribution in [0.15, 0.2) is 24.3 Å². The van der Waals surface area contributed by atoms with E-state index in [1.165, 1.54) is 25.3 Å². The molecule has 1 aromatic heterocycles. The molecule has 0 aliphatic carbocycles. The van der Waals surface area contributed by atoms with Gasteiger partial charge in [0.15, 0.2) is 0 Å². The molecule has 8 heteroatoms. The molecule has 1 heterocycles. The molecule has 0 fully saturated rings. The first-order chi connectivity index (χ1) is 9.31. The van der Waals surface area contributed by atoms with Crippen molar-refractivity contribution in [2.45, 2.75) is 6.18 Å². The first-order valence-electron chi connectivity index (χ1n) is 5.27. The van der Waals surface area contributed by atoms with E-state index in [1.54, 1.807) is 6.07 Å². The standard InChI is InChI=1S/C12H7Cl2F3N2O/c1-20-9-3-2-6(13)4-7(9)8-5-10(14)19-11(18-8)12(15,16)17/h2-5H,1H3. The van der Waals surface area contributed by atoms with Crippen molar-refractivity contribution in [1.29, 1.82) is 0 Å². The van der Waals surface area contributed by atoms with Gasteiger partial charge < -0.3 is 4.74 Å². The maximum Gasteiger partial charge on any atom is 0.451 e. The molecule has 0 radical (unpaired) electrons. The van der Waals surface area contributed by atoms with Gasteiger partial charge in [0.1, 0.15) is 10.9 Å². The highest BCUT2D eigenvalue weighted by atomic mass is 35.5. The molecule has 106 valence electrons. The van der Waals surface area contributed by atoms with Crippen molar-refractivity contribution in [3.05, 3.63) is 40.3 Å². The maximum absolute atomic E-state index is 12.7. The molecular weight excluding hydrogens is 316 g/mol. The van der Waals surface area contributed by atoms with E-state index in [0.29, 0.717) is 16.3 Å². The Balaban J connectivity index is 2.64. The van der Waals surface area contributed by atoms with Gasteiger partial charge in [-0.3, -0.25) is 0 Å². The summed E-state index contributed by atoms with van der Waals surface area (Å²) in [6, 6.07) is 5.74. The number of rotatable bonds is 2. The number of halogens is 5. The average Bonchev–Trinajstić information content (AvgIpc) is 2.37. The van der Waals surface area contributed by atoms with E-state index in [4.69, 9.17) is 27.9 Å². The van der Waals surface area contributed by atoms with Crippen molar-refractivity contribution in [3.63, 3.8) is 0 Å². The van der Waals surface area contributed by atoms with Crippen molar-refractivity contribution >= 4 is 23.2 Å². The molecule has 0 saturated heterocycles. The molecule has 0 aliphatic heterocycles. The number of benzene rings is 1. The smallest absolute Gasteiger partial charge is 0.451 e. The van der Waals surface area contributed by atoms with Crippen molar-refractivity contribution in [1.82, 2.24) is 9.97 Å². The highest BCUT2D eigenvalue weighted by molar-refractivity contribution is 6.31. The summed E-state index contributed by atoms with van der Waals surface area (Å²) < 4.78 is 43.1. The van der Waals surface area contributed by atoms with Crippen LogP contribution in [0.5, 0.6) is 5.75 Å². The molecule has 0 aliphatic rings. The fraction of sp³-hybridized carbons (Fsp3) is 0.167. The Morgan fingerprint density at radius 3 is 2.40 bits per heavy atom. The second kappa shape index (κ2) is 5.46. The van der Waals surface area contributed by atoms with Gasteiger partial charge in [-0.05, 0) is 18.2 Å². The fourth-order valence-corrected chi connectivity index (χ4v) is 1.92. The van der Waals surface area contributed by atoms with Crippen molar-refractivity contribution < 1.29 is 17.9 Å². The molecule has 0 N–H and O–H groups in total. The summed E-state index contributed by atoms with van der Waals surface area (Å²) in [5.41, 5.74) is 0.284. The van der Waals surface area contributed by atoms with Gasteiger partial charge in [0.05, 0.1) is 12.8 Å². The summed E-state index contributed by atoms with van der Waals surface area (Å²) in [4.78, 5) is 6.63. The summed E-state index contributed by atoms with van der Waals surface area (Å²) in [6.45, 7) is 0. The maximum atomic E-state index is 12.7. The molecular formula is C12H7Cl2F3N2O. The zero-order valence-corrected chi connectivity index (χ0v) is 11.5. The van der Waals surface area contributed by atoms with Crippen LogP contribution in [0.25, 0.3) is 11.3 Å². The second-order valence-electron chi connectivity index (χ2n) is 3.74. The minimum Gasteiger partial charge on any atom is -0.496 e. The molecule has 0 amide bonds. The second-order valence-corrected chi connectivity index (χ2v) is 4.57. The predicted molar refractivity (Wildman–Crippen MR) is 69.0 cm³/mol. The van der Waals surface area contributed by atoms with E-state index < -0.39 is 12.0 Å². The number of alkyl halides is 3. The van der Waals surface area contributed by atoms with Gasteiger partial charge in [0.2, 0.25) is 5.82 Å². The van der Waals surface area contributed by atoms with E-state index in [9.17, 15) is 13.2 Å². The molecule has 0 atom stereocenters. The number of ether oxygens (including phenoxy) is 1. The Kier molecular flexibility index (Phi) is 4.06. The van der Waals surface area contributed by atoms with Crippen LogP contribution in [0, 0.1) is 0 Å². The van der Waals surface area contributed by atoms with Crippen LogP contribution in [0.4, 0.5) is 13.2 Å². The average molecular weight is 323 g/mol. The van der Waals surface area contributed by atoms with Gasteiger partial charge in [0, 0.05) is 16.7 Å². The molecule has 2 aromatic rings. The first-order valence-corrected chi connectivity index (χ1v) is 6.02. The molecule has 2 rings (SSSR count). The zero-order valence-electron chi connectivity index (χ0n) is 10.0. The minimum absolute atomic E-state index is 0.0170. The Morgan fingerprint density at radius 1 is 1.10 bits per heavy atom. The van der Waals surface area contributed by atoms with Crippen LogP contribution < -0.4 is 4.74 Å². The topological polar surface area (TPSA) is 35.0 Å². The third kappa shape index (κ3) is 3.13. The van der Waals surface area contributed by atoms with Crippen LogP contribution in [-0.4, -0.2) is 17.1 Å². The van der Waals surface area contributed by atoms with E-state index >= 15 is 0 Å². The van der Waals surface area contributed by atoms with Crippen LogP contribution >= 0.6 is 23.2 Å². The lowest BCUT2D eigenvalue weighted by atomic mass is 10.1. The van der Waals surface area contributed by atoms with Crippen LogP contribution in [-0.2, 0) is 6.18 Å². The van der Waals surface area contributed by atoms with E-state index in [2.05, 4.69) is 9.97 Å². The van der Waals surface area contributed by atoms with Crippen LogP contribution in [0.1, 0.15) is 5.82 Å². The van der Waals surface area contributed by atoms with Crippen molar-refractivity contribution in [2.75, 3.05) is 7.11 Å². The summed E-state index contributed by atoms with van der Waals surface area (Å²) >= 11 is 11.5. The van der Waals surface area contributed by atoms with Gasteiger partial charge >= 0.3 is 6.18 Å². The fourth-order valence-electron chi connectivity index (χ4n) is 1.56. The van der Waals surface area contributed by atoms with E-state index in [0.717, 1.165) is 0 Å². The zero-order chi connectivity index (χ0) is 14.9. The van der Waals surface area contributed by atoms with Crippen LogP contribution in [0.3, 0.4) is 0 Å². The minimum atomic E-state index is -4.69. The largest absolute Gasteiger partial charge is 0.496 e. The van der Waals surface area contributed by atoms with E-state index in [-0.39, 0.29) is 10.8 Å². The highest BCUT2D eigenvalue weighted by Crippen LogP contribution is 2.34. The van der Waals surface area contributed by atoms with Crippen LogP contribution in [0.2, 0.25) is 10.2 Å². The molecule has 0 saturated carbocycles. The Bertz CT molecular complexity index is 647. The lowest BCUT2D eigenvalue weighted by Gasteiger charge is -2.11. The normalized spacial score (nSPS) is 11.5. The number of nitrogens with zero attached hydrogens (tertiary/aromatic N) is 2. The number of hydrogen-bond donors (Lipinski definition) is 0. The monoisotopic (exact) mass is 322 g/mol. The Morgan fingerprint density at radius 2 is 1.80 bits per heavy atom. The summed E-state index contributed by atoms with van der Waals surface area (Å²) in [6.07, 6.45) is -4.69. The summed E-state index contributed by atoms with van der Waals surface area (Å²) in [7, 11) is 1.39. The van der Waals surface area contributed by atoms with Crippen molar-refractivity contribution in [2.24, 2.45) is 0 Å².